The molecule has 0 saturated carbocycles. The zero-order chi connectivity index (χ0) is 11.8. The molecule has 4 nitrogen and oxygen atoms in total. The number of piperidine rings is 1. The molecule has 3 rings (SSSR count). The Morgan fingerprint density at radius 3 is 3.12 bits per heavy atom. The number of aromatic hydroxyl groups is 1. The van der Waals surface area contributed by atoms with E-state index in [2.05, 4.69) is 21.3 Å². The first kappa shape index (κ1) is 10.6. The van der Waals surface area contributed by atoms with Gasteiger partial charge in [-0.3, -0.25) is 4.90 Å². The summed E-state index contributed by atoms with van der Waals surface area (Å²) in [5.41, 5.74) is 0.957. The van der Waals surface area contributed by atoms with E-state index in [4.69, 9.17) is 0 Å². The lowest BCUT2D eigenvalue weighted by atomic mass is 10.0. The molecule has 17 heavy (non-hydrogen) atoms. The predicted octanol–water partition coefficient (Wildman–Crippen LogP) is 2.20. The second-order valence-electron chi connectivity index (χ2n) is 4.79. The Bertz CT molecular complexity index is 534. The lowest BCUT2D eigenvalue weighted by Gasteiger charge is -2.31. The Hall–Kier alpha value is -1.55. The van der Waals surface area contributed by atoms with Gasteiger partial charge in [-0.05, 0) is 32.5 Å². The number of rotatable bonds is 1. The van der Waals surface area contributed by atoms with Crippen LogP contribution in [0.1, 0.15) is 31.1 Å². The molecule has 1 aliphatic heterocycles. The molecule has 0 aliphatic carbocycles. The Labute approximate surface area is 101 Å². The molecule has 4 heteroatoms. The van der Waals surface area contributed by atoms with E-state index in [-0.39, 0.29) is 0 Å². The van der Waals surface area contributed by atoms with Crippen molar-refractivity contribution in [2.24, 2.45) is 0 Å². The summed E-state index contributed by atoms with van der Waals surface area (Å²) in [4.78, 5) is 6.89. The maximum absolute atomic E-state index is 9.45. The van der Waals surface area contributed by atoms with Gasteiger partial charge in [0, 0.05) is 12.3 Å². The van der Waals surface area contributed by atoms with Crippen LogP contribution in [-0.2, 0) is 0 Å². The van der Waals surface area contributed by atoms with Crippen LogP contribution >= 0.6 is 0 Å². The minimum atomic E-state index is 0.293. The summed E-state index contributed by atoms with van der Waals surface area (Å²) in [5, 5.41) is 9.45. The molecular formula is C13H17N3O. The number of aromatic nitrogens is 2. The van der Waals surface area contributed by atoms with Crippen molar-refractivity contribution in [2.45, 2.75) is 25.3 Å². The quantitative estimate of drug-likeness (QED) is 0.818. The largest absolute Gasteiger partial charge is 0.508 e. The summed E-state index contributed by atoms with van der Waals surface area (Å²) >= 11 is 0. The van der Waals surface area contributed by atoms with Gasteiger partial charge < -0.3 is 9.51 Å². The number of nitrogens with zero attached hydrogens (tertiary/aromatic N) is 3. The molecule has 0 radical (unpaired) electrons. The summed E-state index contributed by atoms with van der Waals surface area (Å²) in [7, 11) is 2.16. The highest BCUT2D eigenvalue weighted by Gasteiger charge is 2.24. The Morgan fingerprint density at radius 1 is 1.41 bits per heavy atom. The molecule has 0 amide bonds. The topological polar surface area (TPSA) is 40.8 Å². The molecule has 3 heterocycles. The van der Waals surface area contributed by atoms with Crippen LogP contribution in [0.3, 0.4) is 0 Å². The highest BCUT2D eigenvalue weighted by atomic mass is 16.3. The average Bonchev–Trinajstić information content (AvgIpc) is 2.72. The van der Waals surface area contributed by atoms with Crippen LogP contribution in [-0.4, -0.2) is 33.0 Å². The van der Waals surface area contributed by atoms with E-state index in [1.54, 1.807) is 12.1 Å². The molecule has 0 aromatic carbocycles. The number of pyridine rings is 1. The van der Waals surface area contributed by atoms with E-state index in [1.807, 2.05) is 12.4 Å². The number of fused-ring (bicyclic) bond motifs is 1. The van der Waals surface area contributed by atoms with Crippen molar-refractivity contribution >= 4 is 5.52 Å². The Morgan fingerprint density at radius 2 is 2.29 bits per heavy atom. The number of hydrogen-bond donors (Lipinski definition) is 1. The highest BCUT2D eigenvalue weighted by molar-refractivity contribution is 5.50. The summed E-state index contributed by atoms with van der Waals surface area (Å²) in [6.07, 6.45) is 7.43. The van der Waals surface area contributed by atoms with Crippen LogP contribution in [0.5, 0.6) is 5.75 Å². The highest BCUT2D eigenvalue weighted by Crippen LogP contribution is 2.29. The molecule has 2 aromatic rings. The van der Waals surface area contributed by atoms with Crippen LogP contribution in [0.25, 0.3) is 5.52 Å². The minimum absolute atomic E-state index is 0.293. The molecule has 1 aliphatic rings. The molecule has 1 atom stereocenters. The first-order chi connectivity index (χ1) is 8.25. The molecule has 1 fully saturated rings. The van der Waals surface area contributed by atoms with Gasteiger partial charge >= 0.3 is 0 Å². The minimum Gasteiger partial charge on any atom is -0.508 e. The van der Waals surface area contributed by atoms with E-state index in [1.165, 1.54) is 12.8 Å². The number of imidazole rings is 1. The summed E-state index contributed by atoms with van der Waals surface area (Å²) < 4.78 is 2.08. The summed E-state index contributed by atoms with van der Waals surface area (Å²) in [6.45, 7) is 1.14. The van der Waals surface area contributed by atoms with Crippen LogP contribution in [0.15, 0.2) is 24.5 Å². The molecule has 1 saturated heterocycles. The Kier molecular flexibility index (Phi) is 2.52. The lowest BCUT2D eigenvalue weighted by Crippen LogP contribution is -2.30. The normalized spacial score (nSPS) is 22.1. The van der Waals surface area contributed by atoms with E-state index in [0.29, 0.717) is 11.8 Å². The summed E-state index contributed by atoms with van der Waals surface area (Å²) in [5.74, 6) is 1.38. The molecule has 0 spiro atoms. The first-order valence-electron chi connectivity index (χ1n) is 6.12. The second-order valence-corrected chi connectivity index (χ2v) is 4.79. The van der Waals surface area contributed by atoms with Gasteiger partial charge in [-0.15, -0.1) is 0 Å². The van der Waals surface area contributed by atoms with E-state index in [0.717, 1.165) is 24.3 Å². The van der Waals surface area contributed by atoms with Crippen LogP contribution in [0.2, 0.25) is 0 Å². The van der Waals surface area contributed by atoms with E-state index < -0.39 is 0 Å². The standard InChI is InChI=1S/C13H17N3O/c1-15-6-3-2-4-12(15)13-14-9-10-8-11(17)5-7-16(10)13/h5,7-9,12,17H,2-4,6H2,1H3. The van der Waals surface area contributed by atoms with Gasteiger partial charge in [-0.25, -0.2) is 4.98 Å². The van der Waals surface area contributed by atoms with Gasteiger partial charge in [0.15, 0.2) is 0 Å². The molecule has 2 aromatic heterocycles. The number of likely N-dealkylation sites (tertiary alicyclic amines) is 1. The average molecular weight is 231 g/mol. The van der Waals surface area contributed by atoms with Gasteiger partial charge in [0.05, 0.1) is 17.8 Å². The van der Waals surface area contributed by atoms with E-state index in [9.17, 15) is 5.11 Å². The Balaban J connectivity index is 2.05. The fourth-order valence-corrected chi connectivity index (χ4v) is 2.66. The fraction of sp³-hybridized carbons (Fsp3) is 0.462. The third kappa shape index (κ3) is 1.78. The molecular weight excluding hydrogens is 214 g/mol. The van der Waals surface area contributed by atoms with Crippen molar-refractivity contribution in [1.82, 2.24) is 14.3 Å². The van der Waals surface area contributed by atoms with Gasteiger partial charge in [-0.2, -0.15) is 0 Å². The maximum Gasteiger partial charge on any atom is 0.130 e. The van der Waals surface area contributed by atoms with Crippen LogP contribution in [0.4, 0.5) is 0 Å². The zero-order valence-corrected chi connectivity index (χ0v) is 10.0. The van der Waals surface area contributed by atoms with Gasteiger partial charge in [0.2, 0.25) is 0 Å². The van der Waals surface area contributed by atoms with Crippen molar-refractivity contribution in [3.8, 4) is 5.75 Å². The number of hydrogen-bond acceptors (Lipinski definition) is 3. The van der Waals surface area contributed by atoms with Crippen molar-refractivity contribution < 1.29 is 5.11 Å². The smallest absolute Gasteiger partial charge is 0.130 e. The molecule has 90 valence electrons. The molecule has 0 bridgehead atoms. The van der Waals surface area contributed by atoms with Crippen molar-refractivity contribution in [3.05, 3.63) is 30.4 Å². The summed E-state index contributed by atoms with van der Waals surface area (Å²) in [6, 6.07) is 3.86. The maximum atomic E-state index is 9.45. The van der Waals surface area contributed by atoms with E-state index >= 15 is 0 Å². The SMILES string of the molecule is CN1CCCCC1c1ncc2cc(O)ccn12. The zero-order valence-electron chi connectivity index (χ0n) is 10.0. The van der Waals surface area contributed by atoms with Crippen LogP contribution in [0, 0.1) is 0 Å². The van der Waals surface area contributed by atoms with Crippen molar-refractivity contribution in [1.29, 1.82) is 0 Å². The van der Waals surface area contributed by atoms with Crippen molar-refractivity contribution in [2.75, 3.05) is 13.6 Å². The predicted molar refractivity (Wildman–Crippen MR) is 66.1 cm³/mol. The van der Waals surface area contributed by atoms with Gasteiger partial charge in [0.1, 0.15) is 11.6 Å². The third-order valence-corrected chi connectivity index (χ3v) is 3.61. The molecule has 1 unspecified atom stereocenters. The van der Waals surface area contributed by atoms with Crippen molar-refractivity contribution in [3.63, 3.8) is 0 Å². The lowest BCUT2D eigenvalue weighted by molar-refractivity contribution is 0.179. The third-order valence-electron chi connectivity index (χ3n) is 3.61. The first-order valence-corrected chi connectivity index (χ1v) is 6.12. The second kappa shape index (κ2) is 4.04. The van der Waals surface area contributed by atoms with Gasteiger partial charge in [-0.1, -0.05) is 6.42 Å². The molecule has 1 N–H and O–H groups in total. The monoisotopic (exact) mass is 231 g/mol. The fourth-order valence-electron chi connectivity index (χ4n) is 2.66. The van der Waals surface area contributed by atoms with Crippen LogP contribution < -0.4 is 0 Å². The van der Waals surface area contributed by atoms with Gasteiger partial charge in [0.25, 0.3) is 0 Å².